The fourth-order valence-electron chi connectivity index (χ4n) is 5.52. The lowest BCUT2D eigenvalue weighted by atomic mass is 9.98. The second-order valence-electron chi connectivity index (χ2n) is 14.2. The van der Waals surface area contributed by atoms with Crippen LogP contribution in [0.4, 0.5) is 0 Å². The first-order valence-corrected chi connectivity index (χ1v) is 21.4. The van der Waals surface area contributed by atoms with Crippen LogP contribution in [-0.4, -0.2) is 139 Å². The molecule has 7 amide bonds. The molecule has 0 aromatic heterocycles. The molecule has 1 rings (SSSR count). The molecule has 24 heteroatoms. The largest absolute Gasteiger partial charge is 0.480 e. The number of aliphatic imine (C=N–C) groups is 2. The third-order valence-electron chi connectivity index (χ3n) is 9.15. The van der Waals surface area contributed by atoms with E-state index in [1.807, 2.05) is 30.3 Å². The van der Waals surface area contributed by atoms with Crippen molar-refractivity contribution < 1.29 is 43.5 Å². The van der Waals surface area contributed by atoms with Gasteiger partial charge in [-0.25, -0.2) is 4.79 Å². The average Bonchev–Trinajstić information content (AvgIpc) is 3.23. The van der Waals surface area contributed by atoms with Gasteiger partial charge < -0.3 is 71.0 Å². The molecule has 62 heavy (non-hydrogen) atoms. The zero-order chi connectivity index (χ0) is 46.6. The molecule has 1 aromatic carbocycles. The number of hydrogen-bond acceptors (Lipinski definition) is 12. The monoisotopic (exact) mass is 892 g/mol. The molecular formula is C38H64N14O9S. The van der Waals surface area contributed by atoms with E-state index in [-0.39, 0.29) is 63.5 Å². The molecule has 18 N–H and O–H groups in total. The quantitative estimate of drug-likeness (QED) is 0.0198. The first kappa shape index (κ1) is 53.8. The van der Waals surface area contributed by atoms with Gasteiger partial charge in [-0.2, -0.15) is 11.8 Å². The van der Waals surface area contributed by atoms with Gasteiger partial charge in [-0.05, 0) is 62.0 Å². The summed E-state index contributed by atoms with van der Waals surface area (Å²) in [5.41, 5.74) is 28.5. The number of carbonyl (C=O) groups excluding carboxylic acids is 7. The third-order valence-corrected chi connectivity index (χ3v) is 9.79. The van der Waals surface area contributed by atoms with Crippen molar-refractivity contribution in [1.29, 1.82) is 0 Å². The van der Waals surface area contributed by atoms with Crippen LogP contribution in [0.3, 0.4) is 0 Å². The lowest BCUT2D eigenvalue weighted by Crippen LogP contribution is -2.58. The van der Waals surface area contributed by atoms with Gasteiger partial charge in [0.1, 0.15) is 24.2 Å². The summed E-state index contributed by atoms with van der Waals surface area (Å²) in [7, 11) is 0. The second-order valence-corrected chi connectivity index (χ2v) is 15.2. The fraction of sp³-hybridized carbons (Fsp3) is 0.579. The predicted octanol–water partition coefficient (Wildman–Crippen LogP) is -4.16. The topological polar surface area (TPSA) is 396 Å². The van der Waals surface area contributed by atoms with E-state index in [0.717, 1.165) is 5.56 Å². The third kappa shape index (κ3) is 23.0. The summed E-state index contributed by atoms with van der Waals surface area (Å²) in [6.07, 6.45) is 3.00. The van der Waals surface area contributed by atoms with Crippen molar-refractivity contribution in [3.63, 3.8) is 0 Å². The van der Waals surface area contributed by atoms with Crippen LogP contribution in [0.25, 0.3) is 0 Å². The molecule has 0 spiro atoms. The highest BCUT2D eigenvalue weighted by Crippen LogP contribution is 2.11. The number of carboxylic acids is 1. The van der Waals surface area contributed by atoms with Gasteiger partial charge in [0, 0.05) is 13.1 Å². The number of guanidine groups is 2. The highest BCUT2D eigenvalue weighted by molar-refractivity contribution is 7.98. The molecule has 346 valence electrons. The summed E-state index contributed by atoms with van der Waals surface area (Å²) in [5.74, 6) is -6.73. The molecule has 0 unspecified atom stereocenters. The standard InChI is InChI=1S/C38H64N14O9S/c1-4-22(2)31(36(60)61)52-35(59)26(13-9-16-45-38(42)43)51-33(57)25(12-8-15-44-37(40)41)50-34(58)27(14-17-62-3)49-30(55)21-47-28(53)19-46-29(54)20-48-32(56)24(39)18-23-10-6-5-7-11-23/h5-7,10-11,22,24-27,31H,4,8-9,12-21,39H2,1-3H3,(H,46,54)(H,47,53)(H,48,56)(H,49,55)(H,50,58)(H,51,57)(H,52,59)(H,60,61)(H4,40,41,44)(H4,42,43,45)/t22-,24-,25-,26-,27-,31-/m0/s1. The van der Waals surface area contributed by atoms with Gasteiger partial charge >= 0.3 is 5.97 Å². The lowest BCUT2D eigenvalue weighted by molar-refractivity contribution is -0.144. The van der Waals surface area contributed by atoms with Crippen LogP contribution in [0.1, 0.15) is 57.9 Å². The summed E-state index contributed by atoms with van der Waals surface area (Å²) in [6.45, 7) is 2.08. The van der Waals surface area contributed by atoms with E-state index in [9.17, 15) is 43.5 Å². The minimum atomic E-state index is -1.28. The number of carbonyl (C=O) groups is 8. The van der Waals surface area contributed by atoms with Crippen LogP contribution < -0.4 is 65.9 Å². The van der Waals surface area contributed by atoms with Gasteiger partial charge in [0.2, 0.25) is 41.4 Å². The van der Waals surface area contributed by atoms with Crippen molar-refractivity contribution in [1.82, 2.24) is 37.2 Å². The predicted molar refractivity (Wildman–Crippen MR) is 235 cm³/mol. The maximum Gasteiger partial charge on any atom is 0.326 e. The molecule has 0 radical (unpaired) electrons. The average molecular weight is 893 g/mol. The zero-order valence-corrected chi connectivity index (χ0v) is 36.3. The minimum Gasteiger partial charge on any atom is -0.480 e. The summed E-state index contributed by atoms with van der Waals surface area (Å²) in [5, 5.41) is 27.1. The molecule has 0 fully saturated rings. The number of nitrogens with zero attached hydrogens (tertiary/aromatic N) is 2. The normalized spacial score (nSPS) is 13.5. The highest BCUT2D eigenvalue weighted by atomic mass is 32.2. The molecule has 6 atom stereocenters. The first-order valence-electron chi connectivity index (χ1n) is 20.0. The Morgan fingerprint density at radius 1 is 0.661 bits per heavy atom. The summed E-state index contributed by atoms with van der Waals surface area (Å²) in [4.78, 5) is 111. The number of nitrogens with one attached hydrogen (secondary N) is 7. The number of nitrogens with two attached hydrogens (primary N) is 5. The van der Waals surface area contributed by atoms with Gasteiger partial charge in [-0.3, -0.25) is 43.5 Å². The van der Waals surface area contributed by atoms with E-state index in [0.29, 0.717) is 12.2 Å². The summed E-state index contributed by atoms with van der Waals surface area (Å²) >= 11 is 1.38. The van der Waals surface area contributed by atoms with Crippen molar-refractivity contribution in [2.75, 3.05) is 44.7 Å². The van der Waals surface area contributed by atoms with Crippen molar-refractivity contribution in [3.05, 3.63) is 35.9 Å². The SMILES string of the molecule is CC[C@H](C)[C@H](NC(=O)[C@H](CCCN=C(N)N)NC(=O)[C@H](CCCN=C(N)N)NC(=O)[C@H](CCSC)NC(=O)CNC(=O)CNC(=O)CNC(=O)[C@@H](N)Cc1ccccc1)C(=O)O. The maximum absolute atomic E-state index is 13.8. The van der Waals surface area contributed by atoms with Crippen molar-refractivity contribution in [2.24, 2.45) is 44.6 Å². The van der Waals surface area contributed by atoms with E-state index in [2.05, 4.69) is 47.2 Å². The van der Waals surface area contributed by atoms with Gasteiger partial charge in [-0.1, -0.05) is 50.6 Å². The van der Waals surface area contributed by atoms with E-state index in [1.54, 1.807) is 20.1 Å². The van der Waals surface area contributed by atoms with Crippen LogP contribution in [0.15, 0.2) is 40.3 Å². The molecule has 0 aliphatic carbocycles. The molecule has 0 saturated carbocycles. The van der Waals surface area contributed by atoms with Crippen molar-refractivity contribution in [2.45, 2.75) is 89.0 Å². The van der Waals surface area contributed by atoms with E-state index in [1.165, 1.54) is 11.8 Å². The number of aliphatic carboxylic acids is 1. The van der Waals surface area contributed by atoms with Crippen LogP contribution in [0.2, 0.25) is 0 Å². The Morgan fingerprint density at radius 3 is 1.60 bits per heavy atom. The smallest absolute Gasteiger partial charge is 0.326 e. The van der Waals surface area contributed by atoms with Gasteiger partial charge in [0.05, 0.1) is 25.7 Å². The van der Waals surface area contributed by atoms with Crippen LogP contribution in [-0.2, 0) is 44.8 Å². The molecule has 0 saturated heterocycles. The van der Waals surface area contributed by atoms with Crippen LogP contribution >= 0.6 is 11.8 Å². The molecule has 0 aliphatic rings. The molecule has 23 nitrogen and oxygen atoms in total. The summed E-state index contributed by atoms with van der Waals surface area (Å²) < 4.78 is 0. The Morgan fingerprint density at radius 2 is 1.13 bits per heavy atom. The van der Waals surface area contributed by atoms with Crippen molar-refractivity contribution in [3.8, 4) is 0 Å². The lowest BCUT2D eigenvalue weighted by Gasteiger charge is -2.27. The Hall–Kier alpha value is -6.17. The first-order chi connectivity index (χ1) is 29.4. The molecule has 0 bridgehead atoms. The minimum absolute atomic E-state index is 0.00185. The molecule has 0 aliphatic heterocycles. The number of rotatable bonds is 30. The van der Waals surface area contributed by atoms with Gasteiger partial charge in [0.25, 0.3) is 0 Å². The Kier molecular flexibility index (Phi) is 26.0. The number of thioether (sulfide) groups is 1. The molecular weight excluding hydrogens is 829 g/mol. The highest BCUT2D eigenvalue weighted by Gasteiger charge is 2.32. The van der Waals surface area contributed by atoms with Gasteiger partial charge in [-0.15, -0.1) is 0 Å². The Bertz CT molecular complexity index is 1690. The van der Waals surface area contributed by atoms with Gasteiger partial charge in [0.15, 0.2) is 11.9 Å². The zero-order valence-electron chi connectivity index (χ0n) is 35.4. The fourth-order valence-corrected chi connectivity index (χ4v) is 5.99. The molecule has 0 heterocycles. The van der Waals surface area contributed by atoms with E-state index >= 15 is 0 Å². The maximum atomic E-state index is 13.8. The Labute approximate surface area is 365 Å². The summed E-state index contributed by atoms with van der Waals surface area (Å²) in [6, 6.07) is 3.21. The number of amides is 7. The number of benzene rings is 1. The van der Waals surface area contributed by atoms with E-state index < -0.39 is 103 Å². The second kappa shape index (κ2) is 30.0. The Balaban J connectivity index is 2.98. The van der Waals surface area contributed by atoms with Crippen molar-refractivity contribution >= 4 is 71.0 Å². The van der Waals surface area contributed by atoms with E-state index in [4.69, 9.17) is 28.7 Å². The molecule has 1 aromatic rings. The number of carboxylic acid groups (broad SMARTS) is 1. The number of hydrogen-bond donors (Lipinski definition) is 13. The van der Waals surface area contributed by atoms with Crippen LogP contribution in [0, 0.1) is 5.92 Å². The van der Waals surface area contributed by atoms with Crippen LogP contribution in [0.5, 0.6) is 0 Å².